The summed E-state index contributed by atoms with van der Waals surface area (Å²) in [6, 6.07) is 3.37. The Morgan fingerprint density at radius 3 is 1.38 bits per heavy atom. The van der Waals surface area contributed by atoms with E-state index in [0.717, 1.165) is 13.8 Å². The van der Waals surface area contributed by atoms with Crippen molar-refractivity contribution in [2.45, 2.75) is 203 Å². The van der Waals surface area contributed by atoms with Crippen molar-refractivity contribution in [3.8, 4) is 0 Å². The Bertz CT molecular complexity index is 3920. The third kappa shape index (κ3) is 32.6. The molecule has 25 N–H and O–H groups in total. The van der Waals surface area contributed by atoms with Crippen molar-refractivity contribution in [1.82, 2.24) is 79.3 Å². The number of carbonyl (C=O) groups excluding carboxylic acids is 15. The molecular weight excluding hydrogens is 1540 g/mol. The highest BCUT2D eigenvalue weighted by molar-refractivity contribution is 7.80. The quantitative estimate of drug-likeness (QED) is 0.0108. The lowest BCUT2D eigenvalue weighted by molar-refractivity contribution is -0.144. The van der Waals surface area contributed by atoms with Crippen LogP contribution in [-0.2, 0) is 101 Å². The van der Waals surface area contributed by atoms with Crippen LogP contribution in [0, 0.1) is 17.2 Å². The minimum atomic E-state index is -1.93. The standard InChI is InChI=1S/C75H109N19O21S/c1-38(2)58(91-65(105)48(27-28-57(99)100)84-56(98)35-81-63(103)49(31-43-19-11-8-12-20-43)88-70(110)54-26-18-30-94(54)73(113)46(76)37-116)71(111)89-51(33-45-23-15-10-16-24-45)68(108)87-52(34-55(77)97)67(107)83-41(6)62(102)93-60(42(7)96)72(112)85-47(25-17-29-80-75(78)79)64(104)86-50(32-44-21-13-9-14-22-44)66(106)82-40(5)61(101)90-53(36-95)69(109)92-59(39(3)4)74(114)115/h8-16,19-24,38-42,46-54,58-60,95-96,116H,17-18,25-37,76H2,1-7H3,(H2,77,97)(H,81,103)(H,82,106)(H,83,107)(H,84,98)(H,85,112)(H,86,104)(H,87,108)(H,88,110)(H,89,111)(H,90,101)(H,91,105)(H,92,109)(H,93,102)(H,99,100)(H,114,115)(H4,78,79,80)/t40-,41-,42+,46-,47-,48-,49-,50-,51-,52-,53-,54-,58-,59-,60-/m0/s1. The van der Waals surface area contributed by atoms with Crippen molar-refractivity contribution in [3.63, 3.8) is 0 Å². The van der Waals surface area contributed by atoms with E-state index in [1.807, 2.05) is 0 Å². The molecule has 116 heavy (non-hydrogen) atoms. The van der Waals surface area contributed by atoms with E-state index in [4.69, 9.17) is 22.6 Å². The van der Waals surface area contributed by atoms with Crippen LogP contribution in [0.2, 0.25) is 0 Å². The summed E-state index contributed by atoms with van der Waals surface area (Å²) in [7, 11) is 0. The van der Waals surface area contributed by atoms with Crippen molar-refractivity contribution in [2.75, 3.05) is 32.0 Å². The van der Waals surface area contributed by atoms with Crippen LogP contribution in [0.15, 0.2) is 91.0 Å². The fourth-order valence-corrected chi connectivity index (χ4v) is 12.0. The highest BCUT2D eigenvalue weighted by atomic mass is 32.1. The summed E-state index contributed by atoms with van der Waals surface area (Å²) in [5, 5.41) is 81.8. The largest absolute Gasteiger partial charge is 0.481 e. The Hall–Kier alpha value is -11.9. The van der Waals surface area contributed by atoms with Gasteiger partial charge in [0, 0.05) is 44.5 Å². The number of carbonyl (C=O) groups is 17. The number of aliphatic hydroxyl groups is 2. The number of nitrogens with two attached hydrogens (primary N) is 3. The number of rotatable bonds is 48. The summed E-state index contributed by atoms with van der Waals surface area (Å²) >= 11 is 4.10. The number of hydrogen-bond acceptors (Lipinski definition) is 22. The van der Waals surface area contributed by atoms with Crippen molar-refractivity contribution in [2.24, 2.45) is 29.0 Å². The molecule has 3 aromatic rings. The molecule has 41 heteroatoms. The van der Waals surface area contributed by atoms with Gasteiger partial charge in [0.2, 0.25) is 88.6 Å². The lowest BCUT2D eigenvalue weighted by Gasteiger charge is -2.29. The van der Waals surface area contributed by atoms with Crippen LogP contribution < -0.4 is 91.6 Å². The van der Waals surface area contributed by atoms with Gasteiger partial charge in [-0.05, 0) is 81.4 Å². The molecule has 1 fully saturated rings. The van der Waals surface area contributed by atoms with Gasteiger partial charge in [-0.1, -0.05) is 119 Å². The number of hydrogen-bond donors (Lipinski definition) is 23. The smallest absolute Gasteiger partial charge is 0.326 e. The number of likely N-dealkylation sites (tertiary alicyclic amines) is 1. The topological polar surface area (TPSA) is 645 Å². The predicted octanol–water partition coefficient (Wildman–Crippen LogP) is -6.29. The first-order valence-corrected chi connectivity index (χ1v) is 38.2. The van der Waals surface area contributed by atoms with Crippen molar-refractivity contribution < 1.29 is 102 Å². The van der Waals surface area contributed by atoms with Crippen LogP contribution in [0.3, 0.4) is 0 Å². The number of carboxylic acids is 2. The molecule has 40 nitrogen and oxygen atoms in total. The third-order valence-electron chi connectivity index (χ3n) is 18.3. The maximum absolute atomic E-state index is 14.5. The van der Waals surface area contributed by atoms with Crippen LogP contribution >= 0.6 is 12.6 Å². The molecule has 1 saturated heterocycles. The fraction of sp³-hybridized carbons (Fsp3) is 0.520. The highest BCUT2D eigenvalue weighted by Gasteiger charge is 2.41. The molecule has 15 amide bonds. The second-order valence-corrected chi connectivity index (χ2v) is 28.9. The number of thiol groups is 1. The van der Waals surface area contributed by atoms with Gasteiger partial charge >= 0.3 is 11.9 Å². The molecule has 1 heterocycles. The molecule has 0 radical (unpaired) electrons. The Morgan fingerprint density at radius 1 is 0.491 bits per heavy atom. The van der Waals surface area contributed by atoms with E-state index in [2.05, 4.69) is 87.1 Å². The molecule has 0 aliphatic carbocycles. The average molecular weight is 1640 g/mol. The number of aliphatic carboxylic acids is 2. The zero-order valence-corrected chi connectivity index (χ0v) is 66.3. The van der Waals surface area contributed by atoms with Crippen LogP contribution in [-0.4, -0.2) is 255 Å². The molecule has 3 aromatic carbocycles. The van der Waals surface area contributed by atoms with Crippen LogP contribution in [0.1, 0.15) is 110 Å². The number of amides is 15. The summed E-state index contributed by atoms with van der Waals surface area (Å²) in [4.78, 5) is 232. The minimum Gasteiger partial charge on any atom is -0.481 e. The molecule has 0 spiro atoms. The number of nitrogens with one attached hydrogen (secondary N) is 15. The lowest BCUT2D eigenvalue weighted by atomic mass is 9.99. The average Bonchev–Trinajstić information content (AvgIpc) is 1.68. The molecule has 0 unspecified atom stereocenters. The van der Waals surface area contributed by atoms with Gasteiger partial charge in [-0.15, -0.1) is 0 Å². The van der Waals surface area contributed by atoms with Gasteiger partial charge in [-0.25, -0.2) is 4.79 Å². The van der Waals surface area contributed by atoms with Crippen LogP contribution in [0.25, 0.3) is 0 Å². The molecule has 15 atom stereocenters. The van der Waals surface area contributed by atoms with Gasteiger partial charge in [0.25, 0.3) is 0 Å². The van der Waals surface area contributed by atoms with Gasteiger partial charge in [0.05, 0.1) is 31.7 Å². The van der Waals surface area contributed by atoms with Crippen molar-refractivity contribution in [1.29, 1.82) is 5.41 Å². The fourth-order valence-electron chi connectivity index (χ4n) is 11.9. The van der Waals surface area contributed by atoms with Gasteiger partial charge in [-0.3, -0.25) is 82.1 Å². The third-order valence-corrected chi connectivity index (χ3v) is 18.7. The summed E-state index contributed by atoms with van der Waals surface area (Å²) in [6.45, 7) is 7.86. The number of carboxylic acid groups (broad SMARTS) is 2. The second-order valence-electron chi connectivity index (χ2n) is 28.5. The van der Waals surface area contributed by atoms with Crippen LogP contribution in [0.5, 0.6) is 0 Å². The molecule has 4 rings (SSSR count). The number of primary amides is 1. The van der Waals surface area contributed by atoms with Crippen LogP contribution in [0.4, 0.5) is 0 Å². The molecule has 0 aromatic heterocycles. The molecule has 1 aliphatic heterocycles. The molecular formula is C75H109N19O21S. The van der Waals surface area contributed by atoms with Crippen molar-refractivity contribution >= 4 is 119 Å². The summed E-state index contributed by atoms with van der Waals surface area (Å²) < 4.78 is 0. The first-order chi connectivity index (χ1) is 54.7. The van der Waals surface area contributed by atoms with Gasteiger partial charge in [-0.2, -0.15) is 12.6 Å². The monoisotopic (exact) mass is 1640 g/mol. The number of aliphatic hydroxyl groups excluding tert-OH is 2. The van der Waals surface area contributed by atoms with E-state index in [0.29, 0.717) is 23.1 Å². The first kappa shape index (κ1) is 96.5. The van der Waals surface area contributed by atoms with E-state index in [1.165, 1.54) is 39.5 Å². The highest BCUT2D eigenvalue weighted by Crippen LogP contribution is 2.20. The zero-order chi connectivity index (χ0) is 86.6. The van der Waals surface area contributed by atoms with Crippen molar-refractivity contribution in [3.05, 3.63) is 108 Å². The molecule has 0 bridgehead atoms. The predicted molar refractivity (Wildman–Crippen MR) is 420 cm³/mol. The first-order valence-electron chi connectivity index (χ1n) is 37.5. The van der Waals surface area contributed by atoms with E-state index < -0.39 is 241 Å². The molecule has 636 valence electrons. The minimum absolute atomic E-state index is 0.00166. The summed E-state index contributed by atoms with van der Waals surface area (Å²) in [5.41, 5.74) is 18.5. The van der Waals surface area contributed by atoms with Gasteiger partial charge < -0.3 is 117 Å². The Balaban J connectivity index is 1.52. The SMILES string of the molecule is CC(C)[C@H](NC(=O)[C@H](CO)NC(=O)[C@H](C)NC(=O)[C@H](Cc1ccccc1)NC(=O)[C@H](CCCNC(=N)N)NC(=O)[C@@H](NC(=O)[C@H](C)NC(=O)[C@H](CC(N)=O)NC(=O)[C@H](Cc1ccccc1)NC(=O)[C@@H](NC(=O)[C@H](CCC(=O)O)NC(=O)CNC(=O)[C@H](Cc1ccccc1)NC(=O)[C@@H]1CCCN1C(=O)[C@@H](N)CS)C(C)C)[C@@H](C)O)C(=O)O. The molecule has 1 aliphatic rings. The summed E-state index contributed by atoms with van der Waals surface area (Å²) in [6.07, 6.45) is -4.06. The Kier molecular flexibility index (Phi) is 40.3. The maximum Gasteiger partial charge on any atom is 0.326 e. The van der Waals surface area contributed by atoms with Gasteiger partial charge in [0.1, 0.15) is 78.5 Å². The normalized spacial score (nSPS) is 16.0. The van der Waals surface area contributed by atoms with E-state index in [1.54, 1.807) is 91.0 Å². The Labute approximate surface area is 675 Å². The second kappa shape index (κ2) is 48.4. The lowest BCUT2D eigenvalue weighted by Crippen LogP contribution is -2.62. The van der Waals surface area contributed by atoms with E-state index >= 15 is 0 Å². The zero-order valence-electron chi connectivity index (χ0n) is 65.4. The van der Waals surface area contributed by atoms with Gasteiger partial charge in [0.15, 0.2) is 5.96 Å². The maximum atomic E-state index is 14.5. The number of nitrogens with zero attached hydrogens (tertiary/aromatic N) is 1. The molecule has 0 saturated carbocycles. The summed E-state index contributed by atoms with van der Waals surface area (Å²) in [5.74, 6) is -19.7. The number of guanidine groups is 1. The Morgan fingerprint density at radius 2 is 0.905 bits per heavy atom. The number of benzene rings is 3. The van der Waals surface area contributed by atoms with E-state index in [-0.39, 0.29) is 57.4 Å². The van der Waals surface area contributed by atoms with E-state index in [9.17, 15) is 102 Å².